The van der Waals surface area contributed by atoms with E-state index in [-0.39, 0.29) is 0 Å². The molecule has 0 amide bonds. The fourth-order valence-electron chi connectivity index (χ4n) is 5.26. The number of nitrogens with zero attached hydrogens (tertiary/aromatic N) is 4. The summed E-state index contributed by atoms with van der Waals surface area (Å²) in [6.45, 7) is 15.4. The minimum absolute atomic E-state index is 0.800. The Morgan fingerprint density at radius 1 is 1.10 bits per heavy atom. The second-order valence-corrected chi connectivity index (χ2v) is 11.3. The molecular weight excluding hydrogens is 500 g/mol. The van der Waals surface area contributed by atoms with Crippen LogP contribution in [0.25, 0.3) is 44.8 Å². The van der Waals surface area contributed by atoms with Gasteiger partial charge in [0.1, 0.15) is 11.2 Å². The van der Waals surface area contributed by atoms with Crippen LogP contribution in [-0.2, 0) is 6.54 Å². The van der Waals surface area contributed by atoms with E-state index in [1.807, 2.05) is 37.5 Å². The normalized spacial score (nSPS) is 14.4. The molecule has 5 aromatic rings. The Morgan fingerprint density at radius 2 is 1.92 bits per heavy atom. The summed E-state index contributed by atoms with van der Waals surface area (Å²) < 4.78 is 0. The predicted octanol–water partition coefficient (Wildman–Crippen LogP) is 7.63. The number of fused-ring (bicyclic) bond motifs is 1. The minimum Gasteiger partial charge on any atom is -0.357 e. The Morgan fingerprint density at radius 3 is 2.69 bits per heavy atom. The highest BCUT2D eigenvalue weighted by atomic mass is 32.1. The van der Waals surface area contributed by atoms with E-state index < -0.39 is 0 Å². The van der Waals surface area contributed by atoms with E-state index in [0.29, 0.717) is 0 Å². The summed E-state index contributed by atoms with van der Waals surface area (Å²) in [6, 6.07) is 12.7. The summed E-state index contributed by atoms with van der Waals surface area (Å²) in [5.41, 5.74) is 11.0. The van der Waals surface area contributed by atoms with E-state index in [9.17, 15) is 0 Å². The first kappa shape index (κ1) is 25.2. The van der Waals surface area contributed by atoms with E-state index in [2.05, 4.69) is 75.5 Å². The number of likely N-dealkylation sites (tertiary alicyclic amines) is 1. The number of thiophene rings is 1. The molecule has 0 unspecified atom stereocenters. The molecule has 0 aliphatic carbocycles. The molecule has 1 aliphatic rings. The van der Waals surface area contributed by atoms with Gasteiger partial charge in [-0.05, 0) is 87.3 Å². The van der Waals surface area contributed by atoms with Gasteiger partial charge in [-0.25, -0.2) is 4.98 Å². The molecule has 6 rings (SSSR count). The summed E-state index contributed by atoms with van der Waals surface area (Å²) in [5, 5.41) is 7.82. The average Bonchev–Trinajstić information content (AvgIpc) is 3.74. The number of hydrogen-bond acceptors (Lipinski definition) is 5. The van der Waals surface area contributed by atoms with Crippen LogP contribution in [-0.4, -0.2) is 43.1 Å². The maximum absolute atomic E-state index is 5.05. The fraction of sp³-hybridized carbons (Fsp3) is 0.219. The van der Waals surface area contributed by atoms with Crippen LogP contribution in [0, 0.1) is 6.92 Å². The fourth-order valence-corrected chi connectivity index (χ4v) is 6.23. The second-order valence-electron chi connectivity index (χ2n) is 10.2. The van der Waals surface area contributed by atoms with Crippen LogP contribution >= 0.6 is 11.3 Å². The monoisotopic (exact) mass is 532 g/mol. The zero-order valence-corrected chi connectivity index (χ0v) is 23.2. The quantitative estimate of drug-likeness (QED) is 0.202. The van der Waals surface area contributed by atoms with Crippen molar-refractivity contribution in [3.63, 3.8) is 0 Å². The summed E-state index contributed by atoms with van der Waals surface area (Å²) in [6.07, 6.45) is 10.3. The molecule has 1 fully saturated rings. The van der Waals surface area contributed by atoms with Gasteiger partial charge in [0.25, 0.3) is 0 Å². The molecule has 6 nitrogen and oxygen atoms in total. The van der Waals surface area contributed by atoms with Gasteiger partial charge in [0.15, 0.2) is 0 Å². The number of aromatic amines is 2. The van der Waals surface area contributed by atoms with Crippen LogP contribution in [0.5, 0.6) is 0 Å². The summed E-state index contributed by atoms with van der Waals surface area (Å²) >= 11 is 1.74. The van der Waals surface area contributed by atoms with Crippen molar-refractivity contribution in [2.24, 2.45) is 0 Å². The van der Waals surface area contributed by atoms with E-state index in [4.69, 9.17) is 4.98 Å². The van der Waals surface area contributed by atoms with Crippen molar-refractivity contribution in [2.45, 2.75) is 33.2 Å². The zero-order chi connectivity index (χ0) is 26.9. The van der Waals surface area contributed by atoms with Gasteiger partial charge in [0.05, 0.1) is 16.9 Å². The Balaban J connectivity index is 1.35. The molecule has 7 heteroatoms. The van der Waals surface area contributed by atoms with Gasteiger partial charge in [-0.1, -0.05) is 25.3 Å². The topological polar surface area (TPSA) is 73.5 Å². The van der Waals surface area contributed by atoms with Gasteiger partial charge < -0.3 is 4.98 Å². The van der Waals surface area contributed by atoms with Crippen LogP contribution in [0.15, 0.2) is 74.1 Å². The lowest BCUT2D eigenvalue weighted by Gasteiger charge is -2.14. The van der Waals surface area contributed by atoms with Crippen molar-refractivity contribution < 1.29 is 0 Å². The maximum Gasteiger partial charge on any atom is 0.135 e. The van der Waals surface area contributed by atoms with Crippen molar-refractivity contribution >= 4 is 33.5 Å². The van der Waals surface area contributed by atoms with Crippen LogP contribution < -0.4 is 0 Å². The van der Waals surface area contributed by atoms with Crippen LogP contribution in [0.4, 0.5) is 0 Å². The first-order valence-corrected chi connectivity index (χ1v) is 14.1. The summed E-state index contributed by atoms with van der Waals surface area (Å²) in [7, 11) is 0. The molecule has 0 radical (unpaired) electrons. The second kappa shape index (κ2) is 10.6. The minimum atomic E-state index is 0.800. The van der Waals surface area contributed by atoms with Crippen molar-refractivity contribution in [3.05, 3.63) is 101 Å². The van der Waals surface area contributed by atoms with Crippen molar-refractivity contribution in [1.82, 2.24) is 30.0 Å². The standard InChI is InChI=1S/C32H32N6S/c1-5-8-24(30-12-11-29(39-30)20(2)3)25-16-28(34-21(25)4)32-31-27(36-37-32)10-9-26(35-31)23-15-22(17-33-18-23)19-38-13-6-7-14-38/h5,8-12,15-18,34H,1-2,6-7,13-14,19H2,3-4H3,(H,36,37)/b24-8+. The van der Waals surface area contributed by atoms with Gasteiger partial charge in [-0.15, -0.1) is 11.3 Å². The summed E-state index contributed by atoms with van der Waals surface area (Å²) in [5.74, 6) is 0. The van der Waals surface area contributed by atoms with Gasteiger partial charge in [-0.2, -0.15) is 5.10 Å². The van der Waals surface area contributed by atoms with Crippen LogP contribution in [0.3, 0.4) is 0 Å². The molecule has 0 bridgehead atoms. The van der Waals surface area contributed by atoms with E-state index in [0.717, 1.165) is 75.7 Å². The number of hydrogen-bond donors (Lipinski definition) is 2. The highest BCUT2D eigenvalue weighted by Crippen LogP contribution is 2.36. The van der Waals surface area contributed by atoms with Gasteiger partial charge >= 0.3 is 0 Å². The number of aromatic nitrogens is 5. The Bertz CT molecular complexity index is 1710. The molecule has 1 aliphatic heterocycles. The van der Waals surface area contributed by atoms with E-state index in [1.165, 1.54) is 28.2 Å². The maximum atomic E-state index is 5.05. The van der Waals surface area contributed by atoms with Crippen molar-refractivity contribution in [3.8, 4) is 22.6 Å². The molecule has 39 heavy (non-hydrogen) atoms. The molecule has 0 saturated carbocycles. The summed E-state index contributed by atoms with van der Waals surface area (Å²) in [4.78, 5) is 18.0. The van der Waals surface area contributed by atoms with Crippen molar-refractivity contribution in [1.29, 1.82) is 0 Å². The predicted molar refractivity (Wildman–Crippen MR) is 162 cm³/mol. The number of pyridine rings is 2. The smallest absolute Gasteiger partial charge is 0.135 e. The lowest BCUT2D eigenvalue weighted by molar-refractivity contribution is 0.331. The van der Waals surface area contributed by atoms with Crippen LogP contribution in [0.2, 0.25) is 0 Å². The Hall–Kier alpha value is -4.07. The van der Waals surface area contributed by atoms with Gasteiger partial charge in [0, 0.05) is 51.1 Å². The highest BCUT2D eigenvalue weighted by Gasteiger charge is 2.19. The largest absolute Gasteiger partial charge is 0.357 e. The molecule has 0 spiro atoms. The number of rotatable bonds is 8. The third-order valence-corrected chi connectivity index (χ3v) is 8.52. The third kappa shape index (κ3) is 5.03. The molecular formula is C32H32N6S. The molecule has 2 N–H and O–H groups in total. The lowest BCUT2D eigenvalue weighted by atomic mass is 10.0. The van der Waals surface area contributed by atoms with E-state index in [1.54, 1.807) is 11.3 Å². The Labute approximate surface area is 232 Å². The third-order valence-electron chi connectivity index (χ3n) is 7.24. The number of H-pyrrole nitrogens is 2. The van der Waals surface area contributed by atoms with Crippen LogP contribution in [0.1, 0.15) is 46.3 Å². The molecule has 0 aromatic carbocycles. The average molecular weight is 533 g/mol. The lowest BCUT2D eigenvalue weighted by Crippen LogP contribution is -2.18. The van der Waals surface area contributed by atoms with Crippen molar-refractivity contribution in [2.75, 3.05) is 13.1 Å². The molecule has 1 saturated heterocycles. The number of allylic oxidation sites excluding steroid dienone is 3. The highest BCUT2D eigenvalue weighted by molar-refractivity contribution is 7.14. The first-order chi connectivity index (χ1) is 19.0. The first-order valence-electron chi connectivity index (χ1n) is 13.3. The van der Waals surface area contributed by atoms with Gasteiger partial charge in [0.2, 0.25) is 0 Å². The Kier molecular flexibility index (Phi) is 6.85. The number of nitrogens with one attached hydrogen (secondary N) is 2. The molecule has 6 heterocycles. The zero-order valence-electron chi connectivity index (χ0n) is 22.4. The SMILES string of the molecule is C=C/C=C(/c1ccc(C(=C)C)s1)c1cc(-c2n[nH]c3ccc(-c4cncc(CN5CCCC5)c4)nc23)[nH]c1C. The van der Waals surface area contributed by atoms with Gasteiger partial charge in [-0.3, -0.25) is 15.0 Å². The molecule has 5 aromatic heterocycles. The molecule has 0 atom stereocenters. The number of aryl methyl sites for hydroxylation is 1. The van der Waals surface area contributed by atoms with E-state index >= 15 is 0 Å². The molecule has 196 valence electrons.